The van der Waals surface area contributed by atoms with Crippen LogP contribution in [0.5, 0.6) is 5.75 Å². The van der Waals surface area contributed by atoms with Crippen molar-refractivity contribution in [2.75, 3.05) is 27.2 Å². The Hall–Kier alpha value is -2.66. The van der Waals surface area contributed by atoms with Crippen LogP contribution in [0.4, 0.5) is 0 Å². The topological polar surface area (TPSA) is 49.9 Å². The molecule has 2 aromatic carbocycles. The van der Waals surface area contributed by atoms with Gasteiger partial charge in [0, 0.05) is 19.6 Å². The molecule has 2 aromatic rings. The van der Waals surface area contributed by atoms with Crippen molar-refractivity contribution in [1.82, 2.24) is 9.80 Å². The Bertz CT molecular complexity index is 726. The van der Waals surface area contributed by atoms with E-state index in [1.54, 1.807) is 29.2 Å². The molecule has 0 radical (unpaired) electrons. The van der Waals surface area contributed by atoms with Crippen LogP contribution >= 0.6 is 0 Å². The Kier molecular flexibility index (Phi) is 7.36. The monoisotopic (exact) mass is 354 g/mol. The van der Waals surface area contributed by atoms with Crippen molar-refractivity contribution in [1.29, 1.82) is 0 Å². The fourth-order valence-corrected chi connectivity index (χ4v) is 2.65. The van der Waals surface area contributed by atoms with Crippen LogP contribution in [0, 0.1) is 0 Å². The minimum Gasteiger partial charge on any atom is -0.483 e. The van der Waals surface area contributed by atoms with Gasteiger partial charge in [-0.3, -0.25) is 9.59 Å². The Labute approximate surface area is 155 Å². The Balaban J connectivity index is 1.94. The molecule has 0 heterocycles. The van der Waals surface area contributed by atoms with Gasteiger partial charge in [0.15, 0.2) is 12.9 Å². The van der Waals surface area contributed by atoms with Gasteiger partial charge in [0.2, 0.25) is 0 Å². The molecule has 0 atom stereocenters. The van der Waals surface area contributed by atoms with Crippen LogP contribution in [0.25, 0.3) is 0 Å². The molecule has 0 aliphatic carbocycles. The van der Waals surface area contributed by atoms with Crippen molar-refractivity contribution in [3.63, 3.8) is 0 Å². The van der Waals surface area contributed by atoms with Gasteiger partial charge in [0.25, 0.3) is 5.91 Å². The highest BCUT2D eigenvalue weighted by Crippen LogP contribution is 2.16. The highest BCUT2D eigenvalue weighted by Gasteiger charge is 2.14. The van der Waals surface area contributed by atoms with E-state index in [0.29, 0.717) is 24.4 Å². The van der Waals surface area contributed by atoms with E-state index in [4.69, 9.17) is 4.74 Å². The molecule has 26 heavy (non-hydrogen) atoms. The van der Waals surface area contributed by atoms with Gasteiger partial charge in [0.05, 0.1) is 5.56 Å². The maximum Gasteiger partial charge on any atom is 0.260 e. The number of nitrogens with zero attached hydrogens (tertiary/aromatic N) is 2. The quantitative estimate of drug-likeness (QED) is 0.650. The van der Waals surface area contributed by atoms with Gasteiger partial charge >= 0.3 is 0 Å². The maximum atomic E-state index is 12.5. The highest BCUT2D eigenvalue weighted by molar-refractivity contribution is 5.80. The summed E-state index contributed by atoms with van der Waals surface area (Å²) in [5, 5.41) is 0. The van der Waals surface area contributed by atoms with Crippen molar-refractivity contribution in [3.8, 4) is 5.75 Å². The van der Waals surface area contributed by atoms with Crippen molar-refractivity contribution in [3.05, 3.63) is 65.2 Å². The summed E-state index contributed by atoms with van der Waals surface area (Å²) in [5.41, 5.74) is 2.76. The summed E-state index contributed by atoms with van der Waals surface area (Å²) in [5.74, 6) is 0.325. The van der Waals surface area contributed by atoms with E-state index in [-0.39, 0.29) is 12.5 Å². The zero-order valence-corrected chi connectivity index (χ0v) is 15.6. The third-order valence-corrected chi connectivity index (χ3v) is 4.03. The molecular weight excluding hydrogens is 328 g/mol. The number of ether oxygens (including phenoxy) is 1. The molecule has 0 N–H and O–H groups in total. The van der Waals surface area contributed by atoms with E-state index in [9.17, 15) is 9.59 Å². The standard InChI is InChI=1S/C21H26N2O3/c1-4-23(14-18-11-9-17(10-12-18)13-22(2)3)21(25)16-26-20-8-6-5-7-19(20)15-24/h5-12,15H,4,13-14,16H2,1-3H3. The smallest absolute Gasteiger partial charge is 0.260 e. The van der Waals surface area contributed by atoms with Crippen LogP contribution in [0.15, 0.2) is 48.5 Å². The van der Waals surface area contributed by atoms with Crippen molar-refractivity contribution in [2.24, 2.45) is 0 Å². The first-order chi connectivity index (χ1) is 12.5. The number of benzene rings is 2. The molecule has 0 saturated heterocycles. The minimum atomic E-state index is -0.106. The molecule has 0 spiro atoms. The van der Waals surface area contributed by atoms with Crippen LogP contribution < -0.4 is 4.74 Å². The summed E-state index contributed by atoms with van der Waals surface area (Å²) in [4.78, 5) is 27.3. The number of aldehydes is 1. The van der Waals surface area contributed by atoms with Gasteiger partial charge in [0.1, 0.15) is 5.75 Å². The molecule has 0 fully saturated rings. The molecule has 0 saturated carbocycles. The van der Waals surface area contributed by atoms with Gasteiger partial charge in [-0.05, 0) is 44.3 Å². The molecule has 1 amide bonds. The second-order valence-electron chi connectivity index (χ2n) is 6.41. The van der Waals surface area contributed by atoms with Crippen LogP contribution in [0.3, 0.4) is 0 Å². The predicted molar refractivity (Wildman–Crippen MR) is 102 cm³/mol. The van der Waals surface area contributed by atoms with E-state index in [0.717, 1.165) is 18.4 Å². The average Bonchev–Trinajstić information content (AvgIpc) is 2.65. The van der Waals surface area contributed by atoms with E-state index in [1.807, 2.05) is 21.0 Å². The van der Waals surface area contributed by atoms with E-state index in [2.05, 4.69) is 29.2 Å². The third kappa shape index (κ3) is 5.70. The lowest BCUT2D eigenvalue weighted by Crippen LogP contribution is -2.34. The molecule has 0 aliphatic heterocycles. The van der Waals surface area contributed by atoms with E-state index < -0.39 is 0 Å². The highest BCUT2D eigenvalue weighted by atomic mass is 16.5. The normalized spacial score (nSPS) is 10.6. The second kappa shape index (κ2) is 9.73. The summed E-state index contributed by atoms with van der Waals surface area (Å²) < 4.78 is 5.55. The van der Waals surface area contributed by atoms with Crippen molar-refractivity contribution in [2.45, 2.75) is 20.0 Å². The fraction of sp³-hybridized carbons (Fsp3) is 0.333. The first kappa shape index (κ1) is 19.7. The molecule has 5 nitrogen and oxygen atoms in total. The molecule has 0 aromatic heterocycles. The van der Waals surface area contributed by atoms with Crippen LogP contribution in [-0.4, -0.2) is 49.2 Å². The lowest BCUT2D eigenvalue weighted by molar-refractivity contribution is -0.133. The summed E-state index contributed by atoms with van der Waals surface area (Å²) in [6.45, 7) is 3.88. The zero-order valence-electron chi connectivity index (χ0n) is 15.6. The Morgan fingerprint density at radius 1 is 1.00 bits per heavy atom. The van der Waals surface area contributed by atoms with Crippen LogP contribution in [0.2, 0.25) is 0 Å². The Morgan fingerprint density at radius 2 is 1.62 bits per heavy atom. The number of amides is 1. The maximum absolute atomic E-state index is 12.5. The molecule has 0 bridgehead atoms. The number of hydrogen-bond donors (Lipinski definition) is 0. The summed E-state index contributed by atoms with van der Waals surface area (Å²) in [7, 11) is 4.07. The number of hydrogen-bond acceptors (Lipinski definition) is 4. The van der Waals surface area contributed by atoms with E-state index in [1.165, 1.54) is 5.56 Å². The molecule has 5 heteroatoms. The molecule has 0 unspecified atom stereocenters. The first-order valence-electron chi connectivity index (χ1n) is 8.70. The van der Waals surface area contributed by atoms with Gasteiger partial charge in [-0.1, -0.05) is 36.4 Å². The summed E-state index contributed by atoms with van der Waals surface area (Å²) in [6, 6.07) is 15.2. The average molecular weight is 354 g/mol. The van der Waals surface area contributed by atoms with Crippen molar-refractivity contribution >= 4 is 12.2 Å². The zero-order chi connectivity index (χ0) is 18.9. The predicted octanol–water partition coefficient (Wildman–Crippen LogP) is 2.99. The number of rotatable bonds is 9. The molecule has 0 aliphatic rings. The van der Waals surface area contributed by atoms with Gasteiger partial charge in [-0.2, -0.15) is 0 Å². The summed E-state index contributed by atoms with van der Waals surface area (Å²) >= 11 is 0. The minimum absolute atomic E-state index is 0.0859. The van der Waals surface area contributed by atoms with Gasteiger partial charge in [-0.15, -0.1) is 0 Å². The number of para-hydroxylation sites is 1. The molecule has 2 rings (SSSR count). The lowest BCUT2D eigenvalue weighted by atomic mass is 10.1. The fourth-order valence-electron chi connectivity index (χ4n) is 2.65. The van der Waals surface area contributed by atoms with Crippen LogP contribution in [0.1, 0.15) is 28.4 Å². The molecular formula is C21H26N2O3. The Morgan fingerprint density at radius 3 is 2.19 bits per heavy atom. The second-order valence-corrected chi connectivity index (χ2v) is 6.41. The van der Waals surface area contributed by atoms with Crippen molar-refractivity contribution < 1.29 is 14.3 Å². The number of carbonyl (C=O) groups is 2. The largest absolute Gasteiger partial charge is 0.483 e. The first-order valence-corrected chi connectivity index (χ1v) is 8.70. The number of carbonyl (C=O) groups excluding carboxylic acids is 2. The lowest BCUT2D eigenvalue weighted by Gasteiger charge is -2.21. The van der Waals surface area contributed by atoms with Crippen LogP contribution in [-0.2, 0) is 17.9 Å². The number of likely N-dealkylation sites (N-methyl/N-ethyl adjacent to an activating group) is 1. The SMILES string of the molecule is CCN(Cc1ccc(CN(C)C)cc1)C(=O)COc1ccccc1C=O. The third-order valence-electron chi connectivity index (χ3n) is 4.03. The van der Waals surface area contributed by atoms with Gasteiger partial charge in [-0.25, -0.2) is 0 Å². The van der Waals surface area contributed by atoms with E-state index >= 15 is 0 Å². The van der Waals surface area contributed by atoms with Gasteiger partial charge < -0.3 is 14.5 Å². The summed E-state index contributed by atoms with van der Waals surface area (Å²) in [6.07, 6.45) is 0.729. The molecule has 138 valence electrons.